The number of hydrazone groups is 1. The molecule has 2 rings (SSSR count). The second kappa shape index (κ2) is 7.40. The van der Waals surface area contributed by atoms with Crippen molar-refractivity contribution in [1.29, 1.82) is 0 Å². The lowest BCUT2D eigenvalue weighted by Crippen LogP contribution is -2.24. The van der Waals surface area contributed by atoms with Crippen LogP contribution < -0.4 is 15.9 Å². The summed E-state index contributed by atoms with van der Waals surface area (Å²) in [6.45, 7) is 2.57. The first-order valence-corrected chi connectivity index (χ1v) is 6.92. The molecule has 0 aliphatic carbocycles. The van der Waals surface area contributed by atoms with Gasteiger partial charge in [0.15, 0.2) is 5.11 Å². The third-order valence-corrected chi connectivity index (χ3v) is 2.90. The number of benzene rings is 2. The molecule has 108 valence electrons. The topological polar surface area (TPSA) is 59.6 Å². The molecule has 4 nitrogen and oxygen atoms in total. The average molecular weight is 299 g/mol. The van der Waals surface area contributed by atoms with Gasteiger partial charge in [0, 0.05) is 5.56 Å². The summed E-state index contributed by atoms with van der Waals surface area (Å²) in [7, 11) is 0. The summed E-state index contributed by atoms with van der Waals surface area (Å²) >= 11 is 4.69. The van der Waals surface area contributed by atoms with E-state index < -0.39 is 0 Å². The molecule has 0 spiro atoms. The van der Waals surface area contributed by atoms with Crippen LogP contribution in [0.4, 0.5) is 0 Å². The summed E-state index contributed by atoms with van der Waals surface area (Å²) in [5.74, 6) is 0.756. The van der Waals surface area contributed by atoms with Crippen molar-refractivity contribution in [2.75, 3.05) is 0 Å². The van der Waals surface area contributed by atoms with E-state index in [2.05, 4.69) is 41.7 Å². The molecule has 0 radical (unpaired) electrons. The molecule has 0 aliphatic rings. The van der Waals surface area contributed by atoms with Crippen molar-refractivity contribution in [2.24, 2.45) is 10.8 Å². The van der Waals surface area contributed by atoms with Crippen LogP contribution in [0.15, 0.2) is 53.6 Å². The molecule has 0 atom stereocenters. The lowest BCUT2D eigenvalue weighted by atomic mass is 10.1. The highest BCUT2D eigenvalue weighted by molar-refractivity contribution is 7.80. The van der Waals surface area contributed by atoms with E-state index in [-0.39, 0.29) is 5.11 Å². The number of nitrogens with zero attached hydrogens (tertiary/aromatic N) is 1. The molecule has 0 aliphatic heterocycles. The van der Waals surface area contributed by atoms with Gasteiger partial charge in [-0.2, -0.15) is 5.10 Å². The van der Waals surface area contributed by atoms with Gasteiger partial charge in [0.05, 0.1) is 6.21 Å². The molecule has 0 saturated carbocycles. The van der Waals surface area contributed by atoms with Gasteiger partial charge in [-0.25, -0.2) is 0 Å². The zero-order valence-corrected chi connectivity index (χ0v) is 12.6. The number of ether oxygens (including phenoxy) is 1. The van der Waals surface area contributed by atoms with Gasteiger partial charge in [-0.15, -0.1) is 0 Å². The molecule has 0 amide bonds. The van der Waals surface area contributed by atoms with Crippen LogP contribution >= 0.6 is 12.2 Å². The third kappa shape index (κ3) is 4.89. The molecule has 0 aromatic heterocycles. The summed E-state index contributed by atoms with van der Waals surface area (Å²) in [5.41, 5.74) is 11.0. The van der Waals surface area contributed by atoms with Crippen LogP contribution in [0.25, 0.3) is 0 Å². The van der Waals surface area contributed by atoms with Gasteiger partial charge in [-0.3, -0.25) is 5.43 Å². The van der Waals surface area contributed by atoms with Crippen LogP contribution in [-0.4, -0.2) is 11.3 Å². The zero-order chi connectivity index (χ0) is 15.1. The quantitative estimate of drug-likeness (QED) is 0.506. The minimum Gasteiger partial charge on any atom is -0.488 e. The number of thiocarbonyl (C=S) groups is 1. The second-order valence-electron chi connectivity index (χ2n) is 4.55. The monoisotopic (exact) mass is 299 g/mol. The highest BCUT2D eigenvalue weighted by atomic mass is 32.1. The summed E-state index contributed by atoms with van der Waals surface area (Å²) in [4.78, 5) is 0. The van der Waals surface area contributed by atoms with E-state index in [1.807, 2.05) is 24.3 Å². The van der Waals surface area contributed by atoms with E-state index in [0.29, 0.717) is 6.61 Å². The van der Waals surface area contributed by atoms with Crippen LogP contribution in [0.3, 0.4) is 0 Å². The van der Waals surface area contributed by atoms with Crippen molar-refractivity contribution in [3.63, 3.8) is 0 Å². The summed E-state index contributed by atoms with van der Waals surface area (Å²) in [5, 5.41) is 4.08. The normalized spacial score (nSPS) is 10.5. The fourth-order valence-electron chi connectivity index (χ4n) is 1.73. The number of para-hydroxylation sites is 1. The van der Waals surface area contributed by atoms with Gasteiger partial charge in [-0.05, 0) is 36.8 Å². The Morgan fingerprint density at radius 3 is 2.67 bits per heavy atom. The Labute approximate surface area is 129 Å². The maximum absolute atomic E-state index is 5.84. The Hall–Kier alpha value is -2.40. The molecule has 0 fully saturated rings. The average Bonchev–Trinajstić information content (AvgIpc) is 2.47. The van der Waals surface area contributed by atoms with Crippen LogP contribution in [0.2, 0.25) is 0 Å². The maximum atomic E-state index is 5.84. The van der Waals surface area contributed by atoms with Crippen molar-refractivity contribution >= 4 is 23.5 Å². The molecule has 21 heavy (non-hydrogen) atoms. The Kier molecular flexibility index (Phi) is 5.29. The number of nitrogens with one attached hydrogen (secondary N) is 1. The largest absolute Gasteiger partial charge is 0.488 e. The van der Waals surface area contributed by atoms with E-state index in [4.69, 9.17) is 22.7 Å². The zero-order valence-electron chi connectivity index (χ0n) is 11.7. The molecule has 2 aromatic carbocycles. The van der Waals surface area contributed by atoms with Crippen molar-refractivity contribution < 1.29 is 4.74 Å². The van der Waals surface area contributed by atoms with Crippen molar-refractivity contribution in [3.8, 4) is 5.75 Å². The molecule has 0 saturated heterocycles. The highest BCUT2D eigenvalue weighted by Gasteiger charge is 2.01. The van der Waals surface area contributed by atoms with Crippen molar-refractivity contribution in [1.82, 2.24) is 5.43 Å². The first kappa shape index (κ1) is 15.0. The van der Waals surface area contributed by atoms with Crippen molar-refractivity contribution in [2.45, 2.75) is 13.5 Å². The van der Waals surface area contributed by atoms with Gasteiger partial charge < -0.3 is 10.5 Å². The molecule has 0 heterocycles. The first-order valence-electron chi connectivity index (χ1n) is 6.51. The number of hydrogen-bond acceptors (Lipinski definition) is 3. The predicted octanol–water partition coefficient (Wildman–Crippen LogP) is 2.74. The van der Waals surface area contributed by atoms with Gasteiger partial charge in [0.25, 0.3) is 0 Å². The van der Waals surface area contributed by atoms with Gasteiger partial charge in [0.1, 0.15) is 12.4 Å². The first-order chi connectivity index (χ1) is 10.1. The Morgan fingerprint density at radius 1 is 1.24 bits per heavy atom. The number of aryl methyl sites for hydroxylation is 1. The van der Waals surface area contributed by atoms with Gasteiger partial charge in [0.2, 0.25) is 0 Å². The molecule has 0 unspecified atom stereocenters. The lowest BCUT2D eigenvalue weighted by molar-refractivity contribution is 0.306. The van der Waals surface area contributed by atoms with Crippen LogP contribution in [-0.2, 0) is 6.61 Å². The summed E-state index contributed by atoms with van der Waals surface area (Å²) in [6.07, 6.45) is 1.63. The fraction of sp³-hybridized carbons (Fsp3) is 0.125. The van der Waals surface area contributed by atoms with E-state index in [1.165, 1.54) is 5.56 Å². The van der Waals surface area contributed by atoms with E-state index in [0.717, 1.165) is 16.9 Å². The smallest absolute Gasteiger partial charge is 0.184 e. The van der Waals surface area contributed by atoms with E-state index >= 15 is 0 Å². The van der Waals surface area contributed by atoms with Gasteiger partial charge >= 0.3 is 0 Å². The minimum absolute atomic E-state index is 0.129. The Balaban J connectivity index is 2.04. The molecule has 5 heteroatoms. The highest BCUT2D eigenvalue weighted by Crippen LogP contribution is 2.17. The second-order valence-corrected chi connectivity index (χ2v) is 4.99. The number of nitrogens with two attached hydrogens (primary N) is 1. The molecular weight excluding hydrogens is 282 g/mol. The van der Waals surface area contributed by atoms with E-state index in [9.17, 15) is 0 Å². The predicted molar refractivity (Wildman–Crippen MR) is 89.5 cm³/mol. The Bertz CT molecular complexity index is 638. The van der Waals surface area contributed by atoms with Crippen LogP contribution in [0, 0.1) is 6.92 Å². The maximum Gasteiger partial charge on any atom is 0.184 e. The SMILES string of the molecule is Cc1ccc(COc2ccccc2C=NNC(N)=S)cc1. The standard InChI is InChI=1S/C16H17N3OS/c1-12-6-8-13(9-7-12)11-20-15-5-3-2-4-14(15)10-18-19-16(17)21/h2-10H,11H2,1H3,(H3,17,19,21). The molecule has 2 aromatic rings. The molecule has 3 N–H and O–H groups in total. The van der Waals surface area contributed by atoms with Crippen LogP contribution in [0.5, 0.6) is 5.75 Å². The van der Waals surface area contributed by atoms with Gasteiger partial charge in [-0.1, -0.05) is 42.0 Å². The summed E-state index contributed by atoms with van der Waals surface area (Å²) < 4.78 is 5.84. The van der Waals surface area contributed by atoms with E-state index in [1.54, 1.807) is 6.21 Å². The van der Waals surface area contributed by atoms with Crippen molar-refractivity contribution in [3.05, 3.63) is 65.2 Å². The Morgan fingerprint density at radius 2 is 1.95 bits per heavy atom. The number of rotatable bonds is 5. The molecule has 0 bridgehead atoms. The van der Waals surface area contributed by atoms with Crippen LogP contribution in [0.1, 0.15) is 16.7 Å². The number of hydrogen-bond donors (Lipinski definition) is 2. The lowest BCUT2D eigenvalue weighted by Gasteiger charge is -2.09. The minimum atomic E-state index is 0.129. The third-order valence-electron chi connectivity index (χ3n) is 2.81. The summed E-state index contributed by atoms with van der Waals surface area (Å²) in [6, 6.07) is 15.9. The molecular formula is C16H17N3OS. The fourth-order valence-corrected chi connectivity index (χ4v) is 1.78.